The van der Waals surface area contributed by atoms with Crippen molar-refractivity contribution in [3.8, 4) is 0 Å². The first-order valence-corrected chi connectivity index (χ1v) is 8.96. The Morgan fingerprint density at radius 3 is 2.04 bits per heavy atom. The van der Waals surface area contributed by atoms with E-state index in [2.05, 4.69) is 5.32 Å². The third-order valence-electron chi connectivity index (χ3n) is 3.96. The van der Waals surface area contributed by atoms with Gasteiger partial charge < -0.3 is 10.1 Å². The first-order valence-electron chi connectivity index (χ1n) is 8.96. The molecule has 1 aliphatic rings. The highest BCUT2D eigenvalue weighted by Gasteiger charge is 2.43. The zero-order valence-electron chi connectivity index (χ0n) is 16.4. The van der Waals surface area contributed by atoms with Crippen LogP contribution in [0.5, 0.6) is 0 Å². The average molecular weight is 374 g/mol. The molecule has 1 N–H and O–H groups in total. The van der Waals surface area contributed by atoms with Gasteiger partial charge in [0.1, 0.15) is 6.04 Å². The van der Waals surface area contributed by atoms with Gasteiger partial charge in [-0.1, -0.05) is 26.0 Å². The Morgan fingerprint density at radius 1 is 1.07 bits per heavy atom. The van der Waals surface area contributed by atoms with Crippen molar-refractivity contribution < 1.29 is 23.9 Å². The van der Waals surface area contributed by atoms with E-state index in [1.165, 1.54) is 0 Å². The summed E-state index contributed by atoms with van der Waals surface area (Å²) < 4.78 is 5.12. The number of amides is 3. The van der Waals surface area contributed by atoms with E-state index in [9.17, 15) is 19.2 Å². The minimum absolute atomic E-state index is 0.0373. The molecule has 0 saturated heterocycles. The number of esters is 1. The molecule has 0 spiro atoms. The third-order valence-corrected chi connectivity index (χ3v) is 3.96. The van der Waals surface area contributed by atoms with Crippen LogP contribution in [0.15, 0.2) is 24.3 Å². The summed E-state index contributed by atoms with van der Waals surface area (Å²) in [5, 5.41) is 2.69. The van der Waals surface area contributed by atoms with Crippen LogP contribution in [0.1, 0.15) is 61.8 Å². The number of carbonyl (C=O) groups excluding carboxylic acids is 4. The summed E-state index contributed by atoms with van der Waals surface area (Å²) in [7, 11) is 0. The number of carbonyl (C=O) groups is 4. The lowest BCUT2D eigenvalue weighted by atomic mass is 10.0. The van der Waals surface area contributed by atoms with Crippen molar-refractivity contribution >= 4 is 23.7 Å². The highest BCUT2D eigenvalue weighted by molar-refractivity contribution is 6.22. The van der Waals surface area contributed by atoms with Gasteiger partial charge in [-0.2, -0.15) is 0 Å². The fourth-order valence-electron chi connectivity index (χ4n) is 2.93. The van der Waals surface area contributed by atoms with Crippen molar-refractivity contribution in [2.24, 2.45) is 5.92 Å². The quantitative estimate of drug-likeness (QED) is 0.608. The molecule has 1 atom stereocenters. The summed E-state index contributed by atoms with van der Waals surface area (Å²) in [5.41, 5.74) is 0.0904. The summed E-state index contributed by atoms with van der Waals surface area (Å²) in [4.78, 5) is 50.8. The van der Waals surface area contributed by atoms with Gasteiger partial charge in [0.25, 0.3) is 17.7 Å². The van der Waals surface area contributed by atoms with Gasteiger partial charge in [-0.25, -0.2) is 4.79 Å². The maximum atomic E-state index is 12.7. The minimum Gasteiger partial charge on any atom is -0.454 e. The van der Waals surface area contributed by atoms with Crippen molar-refractivity contribution in [2.45, 2.75) is 52.6 Å². The van der Waals surface area contributed by atoms with Crippen LogP contribution in [0, 0.1) is 5.92 Å². The van der Waals surface area contributed by atoms with Crippen molar-refractivity contribution in [2.75, 3.05) is 6.61 Å². The molecule has 27 heavy (non-hydrogen) atoms. The number of fused-ring (bicyclic) bond motifs is 1. The van der Waals surface area contributed by atoms with E-state index in [0.29, 0.717) is 0 Å². The number of nitrogens with one attached hydrogen (secondary N) is 1. The first-order chi connectivity index (χ1) is 12.5. The standard InChI is InChI=1S/C20H26N2O5/c1-12(2)10-15(19(26)27-11-16(23)21-20(3,4)5)22-17(24)13-8-6-7-9-14(13)18(22)25/h6-9,12,15H,10-11H2,1-5H3,(H,21,23)/t15-/m0/s1. The van der Waals surface area contributed by atoms with Crippen LogP contribution in [0.2, 0.25) is 0 Å². The maximum Gasteiger partial charge on any atom is 0.329 e. The van der Waals surface area contributed by atoms with Crippen LogP contribution in [-0.4, -0.2) is 46.8 Å². The molecule has 2 rings (SSSR count). The predicted octanol–water partition coefficient (Wildman–Crippen LogP) is 2.16. The summed E-state index contributed by atoms with van der Waals surface area (Å²) in [5.74, 6) is -2.20. The van der Waals surface area contributed by atoms with Crippen LogP contribution in [0.4, 0.5) is 0 Å². The van der Waals surface area contributed by atoms with Crippen LogP contribution < -0.4 is 5.32 Å². The number of imide groups is 1. The molecule has 1 heterocycles. The van der Waals surface area contributed by atoms with E-state index in [4.69, 9.17) is 4.74 Å². The molecule has 0 fully saturated rings. The molecule has 0 radical (unpaired) electrons. The molecule has 3 amide bonds. The summed E-state index contributed by atoms with van der Waals surface area (Å²) in [6.07, 6.45) is 0.255. The maximum absolute atomic E-state index is 12.7. The monoisotopic (exact) mass is 374 g/mol. The Kier molecular flexibility index (Phi) is 6.03. The normalized spacial score (nSPS) is 15.0. The van der Waals surface area contributed by atoms with Crippen LogP contribution >= 0.6 is 0 Å². The second-order valence-corrected chi connectivity index (χ2v) is 8.08. The number of ether oxygens (including phenoxy) is 1. The SMILES string of the molecule is CC(C)C[C@@H](C(=O)OCC(=O)NC(C)(C)C)N1C(=O)c2ccccc2C1=O. The van der Waals surface area contributed by atoms with Crippen molar-refractivity contribution in [3.63, 3.8) is 0 Å². The lowest BCUT2D eigenvalue weighted by molar-refractivity contribution is -0.153. The molecule has 7 nitrogen and oxygen atoms in total. The Morgan fingerprint density at radius 2 is 1.59 bits per heavy atom. The number of benzene rings is 1. The largest absolute Gasteiger partial charge is 0.454 e. The third kappa shape index (κ3) is 4.93. The summed E-state index contributed by atoms with van der Waals surface area (Å²) >= 11 is 0. The summed E-state index contributed by atoms with van der Waals surface area (Å²) in [6, 6.07) is 5.38. The van der Waals surface area contributed by atoms with E-state index in [-0.39, 0.29) is 23.5 Å². The van der Waals surface area contributed by atoms with Gasteiger partial charge in [0.15, 0.2) is 6.61 Å². The molecular weight excluding hydrogens is 348 g/mol. The van der Waals surface area contributed by atoms with E-state index in [1.807, 2.05) is 34.6 Å². The summed E-state index contributed by atoms with van der Waals surface area (Å²) in [6.45, 7) is 8.73. The molecule has 0 unspecified atom stereocenters. The highest BCUT2D eigenvalue weighted by Crippen LogP contribution is 2.27. The Hall–Kier alpha value is -2.70. The van der Waals surface area contributed by atoms with Gasteiger partial charge in [-0.3, -0.25) is 19.3 Å². The van der Waals surface area contributed by atoms with Crippen molar-refractivity contribution in [3.05, 3.63) is 35.4 Å². The van der Waals surface area contributed by atoms with Gasteiger partial charge in [0.2, 0.25) is 0 Å². The molecule has 1 aliphatic heterocycles. The molecule has 1 aromatic rings. The predicted molar refractivity (Wildman–Crippen MR) is 99.0 cm³/mol. The van der Waals surface area contributed by atoms with Crippen LogP contribution in [-0.2, 0) is 14.3 Å². The zero-order valence-corrected chi connectivity index (χ0v) is 16.4. The van der Waals surface area contributed by atoms with Gasteiger partial charge in [0.05, 0.1) is 11.1 Å². The lowest BCUT2D eigenvalue weighted by Crippen LogP contribution is -2.48. The molecule has 0 aliphatic carbocycles. The van der Waals surface area contributed by atoms with Crippen LogP contribution in [0.25, 0.3) is 0 Å². The fourth-order valence-corrected chi connectivity index (χ4v) is 2.93. The number of rotatable bonds is 6. The molecule has 7 heteroatoms. The Labute approximate surface area is 159 Å². The van der Waals surface area contributed by atoms with Crippen LogP contribution in [0.3, 0.4) is 0 Å². The van der Waals surface area contributed by atoms with Gasteiger partial charge >= 0.3 is 5.97 Å². The highest BCUT2D eigenvalue weighted by atomic mass is 16.5. The van der Waals surface area contributed by atoms with E-state index in [1.54, 1.807) is 24.3 Å². The van der Waals surface area contributed by atoms with E-state index in [0.717, 1.165) is 4.90 Å². The lowest BCUT2D eigenvalue weighted by Gasteiger charge is -2.26. The molecular formula is C20H26N2O5. The molecule has 146 valence electrons. The minimum atomic E-state index is -1.07. The topological polar surface area (TPSA) is 92.8 Å². The zero-order chi connectivity index (χ0) is 20.4. The van der Waals surface area contributed by atoms with E-state index < -0.39 is 41.9 Å². The second-order valence-electron chi connectivity index (χ2n) is 8.08. The first kappa shape index (κ1) is 20.6. The Bertz CT molecular complexity index is 729. The number of hydrogen-bond acceptors (Lipinski definition) is 5. The van der Waals surface area contributed by atoms with Gasteiger partial charge in [-0.15, -0.1) is 0 Å². The number of nitrogens with zero attached hydrogens (tertiary/aromatic N) is 1. The van der Waals surface area contributed by atoms with Gasteiger partial charge in [-0.05, 0) is 45.2 Å². The van der Waals surface area contributed by atoms with Crippen molar-refractivity contribution in [1.82, 2.24) is 10.2 Å². The second kappa shape index (κ2) is 7.90. The fraction of sp³-hybridized carbons (Fsp3) is 0.500. The number of hydrogen-bond donors (Lipinski definition) is 1. The smallest absolute Gasteiger partial charge is 0.329 e. The average Bonchev–Trinajstić information content (AvgIpc) is 2.80. The molecule has 0 saturated carbocycles. The van der Waals surface area contributed by atoms with Crippen molar-refractivity contribution in [1.29, 1.82) is 0 Å². The molecule has 0 bridgehead atoms. The van der Waals surface area contributed by atoms with Gasteiger partial charge in [0, 0.05) is 5.54 Å². The Balaban J connectivity index is 2.16. The van der Waals surface area contributed by atoms with E-state index >= 15 is 0 Å². The molecule has 1 aromatic carbocycles. The molecule has 0 aromatic heterocycles.